The molecule has 0 aliphatic carbocycles. The molecule has 0 bridgehead atoms. The van der Waals surface area contributed by atoms with Crippen molar-refractivity contribution in [3.05, 3.63) is 0 Å². The molecule has 0 aromatic rings. The topological polar surface area (TPSA) is 217 Å². The zero-order chi connectivity index (χ0) is 17.1. The van der Waals surface area contributed by atoms with Crippen molar-refractivity contribution in [2.45, 2.75) is 0 Å². The van der Waals surface area contributed by atoms with Gasteiger partial charge >= 0.3 is 53.4 Å². The van der Waals surface area contributed by atoms with Gasteiger partial charge in [0.25, 0.3) is 0 Å². The summed E-state index contributed by atoms with van der Waals surface area (Å²) in [6.45, 7) is 0. The molecular formula is C8H9NaO12. The molecule has 0 spiro atoms. The van der Waals surface area contributed by atoms with E-state index in [0.717, 1.165) is 0 Å². The summed E-state index contributed by atoms with van der Waals surface area (Å²) in [5.74, 6) is -5.70. The predicted molar refractivity (Wildman–Crippen MR) is 61.9 cm³/mol. The predicted octanol–water partition coefficient (Wildman–Crippen LogP) is -3.57. The minimum absolute atomic E-state index is 0. The van der Waals surface area contributed by atoms with E-state index in [2.05, 4.69) is 0 Å². The first kappa shape index (κ1) is 31.1. The number of carbonyl (C=O) groups is 8. The number of carboxylic acid groups (broad SMARTS) is 4. The van der Waals surface area contributed by atoms with Gasteiger partial charge in [-0.05, 0) is 0 Å². The maximum absolute atomic E-state index is 9.00. The number of aldehydes is 4. The molecule has 0 rings (SSSR count). The van der Waals surface area contributed by atoms with Gasteiger partial charge in [-0.3, -0.25) is 19.2 Å². The van der Waals surface area contributed by atoms with E-state index in [1.165, 1.54) is 0 Å². The molecule has 0 radical (unpaired) electrons. The van der Waals surface area contributed by atoms with Gasteiger partial charge in [0.15, 0.2) is 0 Å². The number of carbonyl (C=O) groups excluding carboxylic acids is 4. The molecule has 114 valence electrons. The van der Waals surface area contributed by atoms with Gasteiger partial charge in [0.1, 0.15) is 0 Å². The standard InChI is InChI=1S/4C2H2O3.Na.H/c4*3-1-2(4)5;;/h4*1H,(H,4,5);;. The molecule has 0 heterocycles. The van der Waals surface area contributed by atoms with Crippen molar-refractivity contribution in [3.63, 3.8) is 0 Å². The molecule has 13 heteroatoms. The average molecular weight is 320 g/mol. The molecule has 0 aliphatic rings. The first-order valence-electron chi connectivity index (χ1n) is 3.81. The van der Waals surface area contributed by atoms with Gasteiger partial charge in [0, 0.05) is 0 Å². The fraction of sp³-hybridized carbons (Fsp3) is 0. The van der Waals surface area contributed by atoms with Crippen molar-refractivity contribution in [1.29, 1.82) is 0 Å². The Morgan fingerprint density at radius 3 is 0.524 bits per heavy atom. The van der Waals surface area contributed by atoms with Crippen molar-refractivity contribution < 1.29 is 58.8 Å². The van der Waals surface area contributed by atoms with Crippen molar-refractivity contribution in [2.24, 2.45) is 0 Å². The summed E-state index contributed by atoms with van der Waals surface area (Å²) in [7, 11) is 0. The van der Waals surface area contributed by atoms with Crippen LogP contribution in [0.25, 0.3) is 0 Å². The summed E-state index contributed by atoms with van der Waals surface area (Å²) in [5.41, 5.74) is 0. The molecule has 0 aromatic heterocycles. The second-order valence-corrected chi connectivity index (χ2v) is 1.82. The Hall–Kier alpha value is -2.44. The molecule has 0 saturated carbocycles. The van der Waals surface area contributed by atoms with E-state index in [-0.39, 0.29) is 54.7 Å². The average Bonchev–Trinajstić information content (AvgIpc) is 2.40. The molecule has 12 nitrogen and oxygen atoms in total. The molecule has 21 heavy (non-hydrogen) atoms. The van der Waals surface area contributed by atoms with Crippen LogP contribution in [0.4, 0.5) is 0 Å². The third-order valence-corrected chi connectivity index (χ3v) is 0.403. The number of carboxylic acids is 4. The fourth-order valence-corrected chi connectivity index (χ4v) is 0. The van der Waals surface area contributed by atoms with Gasteiger partial charge in [-0.1, -0.05) is 0 Å². The summed E-state index contributed by atoms with van der Waals surface area (Å²) in [6.07, 6.45) is -0.667. The number of hydrogen-bond donors (Lipinski definition) is 4. The van der Waals surface area contributed by atoms with Crippen LogP contribution < -0.4 is 0 Å². The summed E-state index contributed by atoms with van der Waals surface area (Å²) < 4.78 is 0. The fourth-order valence-electron chi connectivity index (χ4n) is 0. The number of rotatable bonds is 4. The van der Waals surface area contributed by atoms with Crippen molar-refractivity contribution in [2.75, 3.05) is 0 Å². The molecule has 4 N–H and O–H groups in total. The van der Waals surface area contributed by atoms with Gasteiger partial charge in [-0.15, -0.1) is 0 Å². The van der Waals surface area contributed by atoms with E-state index in [0.29, 0.717) is 0 Å². The van der Waals surface area contributed by atoms with Gasteiger partial charge in [0.05, 0.1) is 0 Å². The summed E-state index contributed by atoms with van der Waals surface area (Å²) in [5, 5.41) is 29.4. The van der Waals surface area contributed by atoms with Gasteiger partial charge in [-0.25, -0.2) is 19.2 Å². The van der Waals surface area contributed by atoms with Crippen LogP contribution in [0.1, 0.15) is 0 Å². The van der Waals surface area contributed by atoms with Gasteiger partial charge < -0.3 is 20.4 Å². The van der Waals surface area contributed by atoms with Crippen LogP contribution in [-0.2, 0) is 38.4 Å². The third-order valence-electron chi connectivity index (χ3n) is 0.403. The molecule has 0 amide bonds. The van der Waals surface area contributed by atoms with E-state index >= 15 is 0 Å². The Bertz CT molecular complexity index is 301. The Balaban J connectivity index is -0.0000000533. The Kier molecular flexibility index (Phi) is 38.8. The van der Waals surface area contributed by atoms with Gasteiger partial charge in [-0.2, -0.15) is 0 Å². The first-order valence-corrected chi connectivity index (χ1v) is 3.81. The third kappa shape index (κ3) is 138. The number of aliphatic carboxylic acids is 4. The molecule has 0 atom stereocenters. The van der Waals surface area contributed by atoms with E-state index < -0.39 is 23.9 Å². The summed E-state index contributed by atoms with van der Waals surface area (Å²) in [6, 6.07) is 0. The van der Waals surface area contributed by atoms with Crippen LogP contribution in [0.15, 0.2) is 0 Å². The summed E-state index contributed by atoms with van der Waals surface area (Å²) in [4.78, 5) is 71.6. The van der Waals surface area contributed by atoms with Crippen molar-refractivity contribution in [1.82, 2.24) is 0 Å². The van der Waals surface area contributed by atoms with Crippen molar-refractivity contribution >= 4 is 78.6 Å². The monoisotopic (exact) mass is 320 g/mol. The molecular weight excluding hydrogens is 311 g/mol. The number of hydrogen-bond acceptors (Lipinski definition) is 8. The van der Waals surface area contributed by atoms with Crippen molar-refractivity contribution in [3.8, 4) is 0 Å². The first-order chi connectivity index (χ1) is 9.08. The maximum atomic E-state index is 9.00. The van der Waals surface area contributed by atoms with Crippen LogP contribution in [0, 0.1) is 0 Å². The Labute approximate surface area is 137 Å². The zero-order valence-electron chi connectivity index (χ0n) is 9.36. The van der Waals surface area contributed by atoms with E-state index in [4.69, 9.17) is 58.8 Å². The zero-order valence-corrected chi connectivity index (χ0v) is 9.36. The SMILES string of the molecule is O=CC(=O)O.O=CC(=O)O.O=CC(=O)O.O=CC(=O)O.[NaH]. The van der Waals surface area contributed by atoms with Crippen LogP contribution in [-0.4, -0.2) is 99.0 Å². The molecule has 0 fully saturated rings. The van der Waals surface area contributed by atoms with Crippen LogP contribution in [0.3, 0.4) is 0 Å². The minimum atomic E-state index is -1.43. The van der Waals surface area contributed by atoms with Crippen LogP contribution in [0.2, 0.25) is 0 Å². The quantitative estimate of drug-likeness (QED) is 0.224. The van der Waals surface area contributed by atoms with E-state index in [9.17, 15) is 0 Å². The molecule has 0 aliphatic heterocycles. The molecule has 0 unspecified atom stereocenters. The van der Waals surface area contributed by atoms with Crippen LogP contribution >= 0.6 is 0 Å². The van der Waals surface area contributed by atoms with E-state index in [1.807, 2.05) is 0 Å². The normalized spacial score (nSPS) is 6.10. The molecule has 0 aromatic carbocycles. The second kappa shape index (κ2) is 26.2. The Morgan fingerprint density at radius 1 is 0.476 bits per heavy atom. The van der Waals surface area contributed by atoms with Crippen LogP contribution in [0.5, 0.6) is 0 Å². The summed E-state index contributed by atoms with van der Waals surface area (Å²) >= 11 is 0. The van der Waals surface area contributed by atoms with E-state index in [1.54, 1.807) is 0 Å². The van der Waals surface area contributed by atoms with Gasteiger partial charge in [0.2, 0.25) is 25.1 Å². The molecule has 0 saturated heterocycles. The Morgan fingerprint density at radius 2 is 0.524 bits per heavy atom. The second-order valence-electron chi connectivity index (χ2n) is 1.82.